The van der Waals surface area contributed by atoms with Gasteiger partial charge in [-0.1, -0.05) is 31.9 Å². The normalized spacial score (nSPS) is 39.5. The van der Waals surface area contributed by atoms with E-state index in [1.54, 1.807) is 11.1 Å². The van der Waals surface area contributed by atoms with Crippen LogP contribution in [0.1, 0.15) is 71.6 Å². The van der Waals surface area contributed by atoms with E-state index in [0.29, 0.717) is 5.41 Å². The highest BCUT2D eigenvalue weighted by atomic mass is 16.1. The third-order valence-corrected chi connectivity index (χ3v) is 7.00. The second-order valence-electron chi connectivity index (χ2n) is 8.15. The number of rotatable bonds is 1. The van der Waals surface area contributed by atoms with Crippen molar-refractivity contribution in [1.29, 1.82) is 0 Å². The Morgan fingerprint density at radius 1 is 1.27 bits per heavy atom. The smallest absolute Gasteiger partial charge is 0.182 e. The number of allylic oxidation sites excluding steroid dienone is 6. The first-order valence-corrected chi connectivity index (χ1v) is 9.28. The predicted molar refractivity (Wildman–Crippen MR) is 90.5 cm³/mol. The summed E-state index contributed by atoms with van der Waals surface area (Å²) in [5, 5.41) is 0. The van der Waals surface area contributed by atoms with Gasteiger partial charge in [0.2, 0.25) is 0 Å². The van der Waals surface area contributed by atoms with E-state index in [1.807, 2.05) is 6.08 Å². The standard InChI is InChI=1S/C21H28O/c1-3-5-15-12-18-14(13-20(15)22)7-8-17-16(18)9-11-21(2)10-4-6-19(17)21/h5,13,17,19H,3-4,6-12H2,1-2H3/t17-,19+,21+/m1/s1. The van der Waals surface area contributed by atoms with Gasteiger partial charge >= 0.3 is 0 Å². The van der Waals surface area contributed by atoms with Gasteiger partial charge in [0.15, 0.2) is 5.78 Å². The lowest BCUT2D eigenvalue weighted by Gasteiger charge is -2.47. The summed E-state index contributed by atoms with van der Waals surface area (Å²) in [7, 11) is 0. The molecule has 0 aromatic rings. The van der Waals surface area contributed by atoms with Gasteiger partial charge in [-0.05, 0) is 85.0 Å². The Morgan fingerprint density at radius 3 is 2.95 bits per heavy atom. The number of hydrogen-bond acceptors (Lipinski definition) is 1. The van der Waals surface area contributed by atoms with Crippen molar-refractivity contribution in [3.63, 3.8) is 0 Å². The molecule has 0 spiro atoms. The summed E-state index contributed by atoms with van der Waals surface area (Å²) in [4.78, 5) is 12.3. The van der Waals surface area contributed by atoms with Gasteiger partial charge in [0, 0.05) is 6.42 Å². The Labute approximate surface area is 134 Å². The zero-order valence-corrected chi connectivity index (χ0v) is 14.1. The molecule has 0 saturated heterocycles. The van der Waals surface area contributed by atoms with Crippen LogP contribution >= 0.6 is 0 Å². The Morgan fingerprint density at radius 2 is 2.14 bits per heavy atom. The fraction of sp³-hybridized carbons (Fsp3) is 0.667. The fourth-order valence-corrected chi connectivity index (χ4v) is 5.86. The molecule has 0 radical (unpaired) electrons. The average molecular weight is 296 g/mol. The molecule has 22 heavy (non-hydrogen) atoms. The van der Waals surface area contributed by atoms with Crippen LogP contribution in [0.3, 0.4) is 0 Å². The molecule has 4 rings (SSSR count). The van der Waals surface area contributed by atoms with Gasteiger partial charge in [-0.15, -0.1) is 0 Å². The third kappa shape index (κ3) is 2.08. The molecule has 0 bridgehead atoms. The summed E-state index contributed by atoms with van der Waals surface area (Å²) in [5.74, 6) is 2.02. The molecule has 4 aliphatic rings. The van der Waals surface area contributed by atoms with E-state index in [-0.39, 0.29) is 5.78 Å². The van der Waals surface area contributed by atoms with Crippen LogP contribution in [-0.4, -0.2) is 5.78 Å². The molecule has 0 unspecified atom stereocenters. The summed E-state index contributed by atoms with van der Waals surface area (Å²) in [6, 6.07) is 0. The highest BCUT2D eigenvalue weighted by Gasteiger charge is 2.48. The monoisotopic (exact) mass is 296 g/mol. The van der Waals surface area contributed by atoms with E-state index in [9.17, 15) is 4.79 Å². The maximum Gasteiger partial charge on any atom is 0.182 e. The molecule has 0 aliphatic heterocycles. The van der Waals surface area contributed by atoms with Gasteiger partial charge in [-0.2, -0.15) is 0 Å². The van der Waals surface area contributed by atoms with Crippen molar-refractivity contribution in [1.82, 2.24) is 0 Å². The minimum Gasteiger partial charge on any atom is -0.290 e. The lowest BCUT2D eigenvalue weighted by atomic mass is 9.58. The van der Waals surface area contributed by atoms with Crippen LogP contribution in [-0.2, 0) is 4.79 Å². The topological polar surface area (TPSA) is 17.1 Å². The lowest BCUT2D eigenvalue weighted by Crippen LogP contribution is -2.37. The summed E-state index contributed by atoms with van der Waals surface area (Å²) >= 11 is 0. The molecule has 4 aliphatic carbocycles. The summed E-state index contributed by atoms with van der Waals surface area (Å²) in [6.45, 7) is 4.68. The molecule has 1 nitrogen and oxygen atoms in total. The zero-order valence-electron chi connectivity index (χ0n) is 14.1. The van der Waals surface area contributed by atoms with Crippen molar-refractivity contribution in [2.45, 2.75) is 71.6 Å². The quantitative estimate of drug-likeness (QED) is 0.581. The highest BCUT2D eigenvalue weighted by Crippen LogP contribution is 2.60. The Hall–Kier alpha value is -1.11. The van der Waals surface area contributed by atoms with Crippen LogP contribution < -0.4 is 0 Å². The summed E-state index contributed by atoms with van der Waals surface area (Å²) in [5.41, 5.74) is 6.36. The molecular formula is C21H28O. The van der Waals surface area contributed by atoms with E-state index >= 15 is 0 Å². The van der Waals surface area contributed by atoms with Gasteiger partial charge in [-0.3, -0.25) is 4.79 Å². The predicted octanol–water partition coefficient (Wildman–Crippen LogP) is 5.53. The van der Waals surface area contributed by atoms with Gasteiger partial charge < -0.3 is 0 Å². The van der Waals surface area contributed by atoms with Crippen molar-refractivity contribution in [2.75, 3.05) is 0 Å². The number of fused-ring (bicyclic) bond motifs is 4. The van der Waals surface area contributed by atoms with Crippen LogP contribution in [0.5, 0.6) is 0 Å². The van der Waals surface area contributed by atoms with E-state index in [1.165, 1.54) is 44.1 Å². The Bertz CT molecular complexity index is 603. The molecule has 118 valence electrons. The van der Waals surface area contributed by atoms with Crippen molar-refractivity contribution < 1.29 is 4.79 Å². The highest BCUT2D eigenvalue weighted by molar-refractivity contribution is 6.06. The lowest BCUT2D eigenvalue weighted by molar-refractivity contribution is -0.111. The van der Waals surface area contributed by atoms with Gasteiger partial charge in [-0.25, -0.2) is 0 Å². The van der Waals surface area contributed by atoms with E-state index in [2.05, 4.69) is 19.9 Å². The summed E-state index contributed by atoms with van der Waals surface area (Å²) in [6.07, 6.45) is 15.4. The molecule has 0 aromatic carbocycles. The first-order chi connectivity index (χ1) is 10.6. The number of ketones is 1. The molecule has 2 fully saturated rings. The zero-order chi connectivity index (χ0) is 15.3. The van der Waals surface area contributed by atoms with Gasteiger partial charge in [0.05, 0.1) is 0 Å². The van der Waals surface area contributed by atoms with Crippen molar-refractivity contribution in [2.24, 2.45) is 17.3 Å². The molecular weight excluding hydrogens is 268 g/mol. The molecule has 0 N–H and O–H groups in total. The van der Waals surface area contributed by atoms with Crippen LogP contribution in [0.4, 0.5) is 0 Å². The molecule has 2 saturated carbocycles. The van der Waals surface area contributed by atoms with Gasteiger partial charge in [0.25, 0.3) is 0 Å². The van der Waals surface area contributed by atoms with Crippen molar-refractivity contribution >= 4 is 5.78 Å². The molecule has 1 heteroatoms. The van der Waals surface area contributed by atoms with Crippen molar-refractivity contribution in [3.8, 4) is 0 Å². The Balaban J connectivity index is 1.74. The number of hydrogen-bond donors (Lipinski definition) is 0. The largest absolute Gasteiger partial charge is 0.290 e. The van der Waals surface area contributed by atoms with E-state index in [0.717, 1.165) is 36.7 Å². The van der Waals surface area contributed by atoms with E-state index < -0.39 is 0 Å². The Kier molecular flexibility index (Phi) is 3.43. The minimum atomic E-state index is 0.279. The maximum atomic E-state index is 12.3. The summed E-state index contributed by atoms with van der Waals surface area (Å²) < 4.78 is 0. The third-order valence-electron chi connectivity index (χ3n) is 7.00. The second kappa shape index (κ2) is 5.22. The fourth-order valence-electron chi connectivity index (χ4n) is 5.86. The van der Waals surface area contributed by atoms with E-state index in [4.69, 9.17) is 0 Å². The second-order valence-corrected chi connectivity index (χ2v) is 8.15. The van der Waals surface area contributed by atoms with Crippen LogP contribution in [0.15, 0.2) is 34.4 Å². The first-order valence-electron chi connectivity index (χ1n) is 9.28. The average Bonchev–Trinajstić information content (AvgIpc) is 2.90. The molecule has 0 aromatic heterocycles. The van der Waals surface area contributed by atoms with Crippen LogP contribution in [0.2, 0.25) is 0 Å². The number of carbonyl (C=O) groups excluding carboxylic acids is 1. The van der Waals surface area contributed by atoms with Crippen molar-refractivity contribution in [3.05, 3.63) is 34.4 Å². The number of carbonyl (C=O) groups is 1. The molecule has 3 atom stereocenters. The molecule has 0 heterocycles. The van der Waals surface area contributed by atoms with Gasteiger partial charge in [0.1, 0.15) is 0 Å². The SMILES string of the molecule is CCC=C1CC2=C3CC[C@]4(C)CCC[C@H]4[C@@H]3CCC2=CC1=O. The molecule has 0 amide bonds. The van der Waals surface area contributed by atoms with Crippen LogP contribution in [0, 0.1) is 17.3 Å². The first kappa shape index (κ1) is 14.5. The van der Waals surface area contributed by atoms with Crippen LogP contribution in [0.25, 0.3) is 0 Å². The maximum absolute atomic E-state index is 12.3. The minimum absolute atomic E-state index is 0.279.